The molecule has 0 atom stereocenters. The number of amides is 1. The fraction of sp³-hybridized carbons (Fsp3) is 0.409. The normalized spacial score (nSPS) is 14.2. The Morgan fingerprint density at radius 1 is 1.14 bits per heavy atom. The molecule has 6 heteroatoms. The molecular formula is C22H28ClN3O2. The highest BCUT2D eigenvalue weighted by Gasteiger charge is 2.16. The Hall–Kier alpha value is -2.24. The molecule has 0 spiro atoms. The number of anilines is 2. The van der Waals surface area contributed by atoms with Crippen molar-refractivity contribution in [2.45, 2.75) is 19.3 Å². The summed E-state index contributed by atoms with van der Waals surface area (Å²) in [5, 5.41) is 3.60. The number of ether oxygens (including phenoxy) is 1. The number of nitrogens with zero attached hydrogens (tertiary/aromatic N) is 2. The van der Waals surface area contributed by atoms with Crippen molar-refractivity contribution < 1.29 is 9.53 Å². The minimum atomic E-state index is -0.206. The minimum Gasteiger partial charge on any atom is -0.491 e. The summed E-state index contributed by atoms with van der Waals surface area (Å²) in [5.74, 6) is 0.375. The van der Waals surface area contributed by atoms with E-state index in [9.17, 15) is 4.79 Å². The maximum Gasteiger partial charge on any atom is 0.259 e. The molecule has 3 rings (SSSR count). The third-order valence-electron chi connectivity index (χ3n) is 4.83. The van der Waals surface area contributed by atoms with E-state index in [1.807, 2.05) is 55.4 Å². The van der Waals surface area contributed by atoms with Crippen molar-refractivity contribution in [3.8, 4) is 5.75 Å². The highest BCUT2D eigenvalue weighted by atomic mass is 35.5. The Balaban J connectivity index is 1.68. The van der Waals surface area contributed by atoms with Gasteiger partial charge in [0, 0.05) is 25.3 Å². The van der Waals surface area contributed by atoms with Gasteiger partial charge in [-0.2, -0.15) is 0 Å². The third-order valence-corrected chi connectivity index (χ3v) is 5.13. The lowest BCUT2D eigenvalue weighted by atomic mass is 10.1. The molecule has 0 saturated carbocycles. The number of piperidine rings is 1. The van der Waals surface area contributed by atoms with Crippen LogP contribution in [0.15, 0.2) is 42.5 Å². The van der Waals surface area contributed by atoms with Crippen LogP contribution < -0.4 is 15.0 Å². The first-order chi connectivity index (χ1) is 13.5. The second-order valence-electron chi connectivity index (χ2n) is 7.32. The van der Waals surface area contributed by atoms with E-state index in [1.165, 1.54) is 19.3 Å². The van der Waals surface area contributed by atoms with Gasteiger partial charge in [0.25, 0.3) is 5.91 Å². The van der Waals surface area contributed by atoms with Gasteiger partial charge in [-0.15, -0.1) is 0 Å². The summed E-state index contributed by atoms with van der Waals surface area (Å²) in [6.45, 7) is 3.36. The number of nitrogens with one attached hydrogen (secondary N) is 1. The van der Waals surface area contributed by atoms with E-state index in [1.54, 1.807) is 6.07 Å². The predicted molar refractivity (Wildman–Crippen MR) is 116 cm³/mol. The van der Waals surface area contributed by atoms with Crippen LogP contribution in [0.4, 0.5) is 11.4 Å². The first-order valence-corrected chi connectivity index (χ1v) is 10.1. The lowest BCUT2D eigenvalue weighted by molar-refractivity contribution is 0.102. The zero-order valence-electron chi connectivity index (χ0n) is 16.6. The van der Waals surface area contributed by atoms with Gasteiger partial charge in [0.1, 0.15) is 12.4 Å². The SMILES string of the molecule is CN(C)CCOc1ccccc1C(=O)Nc1ccc(N2CCCCC2)c(Cl)c1. The van der Waals surface area contributed by atoms with Gasteiger partial charge >= 0.3 is 0 Å². The number of hydrogen-bond donors (Lipinski definition) is 1. The molecule has 28 heavy (non-hydrogen) atoms. The zero-order chi connectivity index (χ0) is 19.9. The van der Waals surface area contributed by atoms with E-state index < -0.39 is 0 Å². The third kappa shape index (κ3) is 5.40. The Morgan fingerprint density at radius 3 is 2.61 bits per heavy atom. The molecule has 1 aliphatic heterocycles. The van der Waals surface area contributed by atoms with Crippen LogP contribution in [0.3, 0.4) is 0 Å². The van der Waals surface area contributed by atoms with Gasteiger partial charge in [-0.3, -0.25) is 4.79 Å². The highest BCUT2D eigenvalue weighted by molar-refractivity contribution is 6.33. The van der Waals surface area contributed by atoms with Gasteiger partial charge < -0.3 is 19.9 Å². The van der Waals surface area contributed by atoms with Crippen LogP contribution in [0.2, 0.25) is 5.02 Å². The topological polar surface area (TPSA) is 44.8 Å². The molecule has 0 aliphatic carbocycles. The van der Waals surface area contributed by atoms with Gasteiger partial charge in [0.2, 0.25) is 0 Å². The molecule has 1 fully saturated rings. The van der Waals surface area contributed by atoms with Gasteiger partial charge in [0.05, 0.1) is 16.3 Å². The molecule has 1 N–H and O–H groups in total. The average molecular weight is 402 g/mol. The van der Waals surface area contributed by atoms with Crippen molar-refractivity contribution in [2.24, 2.45) is 0 Å². The van der Waals surface area contributed by atoms with Crippen molar-refractivity contribution >= 4 is 28.9 Å². The van der Waals surface area contributed by atoms with Crippen LogP contribution in [-0.4, -0.2) is 51.1 Å². The van der Waals surface area contributed by atoms with Crippen LogP contribution in [0, 0.1) is 0 Å². The number of likely N-dealkylation sites (N-methyl/N-ethyl adjacent to an activating group) is 1. The number of carbonyl (C=O) groups is 1. The summed E-state index contributed by atoms with van der Waals surface area (Å²) in [6.07, 6.45) is 3.66. The highest BCUT2D eigenvalue weighted by Crippen LogP contribution is 2.31. The molecule has 2 aromatic carbocycles. The Bertz CT molecular complexity index is 804. The fourth-order valence-electron chi connectivity index (χ4n) is 3.29. The van der Waals surface area contributed by atoms with Crippen molar-refractivity contribution in [3.05, 3.63) is 53.1 Å². The van der Waals surface area contributed by atoms with Crippen molar-refractivity contribution in [3.63, 3.8) is 0 Å². The largest absolute Gasteiger partial charge is 0.491 e. The number of benzene rings is 2. The second-order valence-corrected chi connectivity index (χ2v) is 7.72. The maximum absolute atomic E-state index is 12.8. The standard InChI is InChI=1S/C22H28ClN3O2/c1-25(2)14-15-28-21-9-5-4-8-18(21)22(27)24-17-10-11-20(19(23)16-17)26-12-6-3-7-13-26/h4-5,8-11,16H,3,6-7,12-15H2,1-2H3,(H,24,27). The number of halogens is 1. The van der Waals surface area contributed by atoms with E-state index in [0.717, 1.165) is 25.3 Å². The van der Waals surface area contributed by atoms with Crippen LogP contribution in [-0.2, 0) is 0 Å². The van der Waals surface area contributed by atoms with Gasteiger partial charge in [-0.1, -0.05) is 23.7 Å². The van der Waals surface area contributed by atoms with Crippen LogP contribution >= 0.6 is 11.6 Å². The zero-order valence-corrected chi connectivity index (χ0v) is 17.3. The average Bonchev–Trinajstić information content (AvgIpc) is 2.69. The summed E-state index contributed by atoms with van der Waals surface area (Å²) in [5.41, 5.74) is 2.23. The fourth-order valence-corrected chi connectivity index (χ4v) is 3.59. The van der Waals surface area contributed by atoms with Crippen molar-refractivity contribution in [2.75, 3.05) is 50.6 Å². The monoisotopic (exact) mass is 401 g/mol. The number of hydrogen-bond acceptors (Lipinski definition) is 4. The lowest BCUT2D eigenvalue weighted by Gasteiger charge is -2.29. The Morgan fingerprint density at radius 2 is 1.89 bits per heavy atom. The Labute approximate surface area is 172 Å². The van der Waals surface area contributed by atoms with Crippen LogP contribution in [0.5, 0.6) is 5.75 Å². The molecule has 0 radical (unpaired) electrons. The van der Waals surface area contributed by atoms with Gasteiger partial charge in [-0.05, 0) is 63.7 Å². The first-order valence-electron chi connectivity index (χ1n) is 9.77. The molecule has 1 saturated heterocycles. The van der Waals surface area contributed by atoms with E-state index in [4.69, 9.17) is 16.3 Å². The summed E-state index contributed by atoms with van der Waals surface area (Å²) in [6, 6.07) is 13.0. The minimum absolute atomic E-state index is 0.206. The van der Waals surface area contributed by atoms with Crippen molar-refractivity contribution in [1.82, 2.24) is 4.90 Å². The number of rotatable bonds is 7. The summed E-state index contributed by atoms with van der Waals surface area (Å²) < 4.78 is 5.79. The smallest absolute Gasteiger partial charge is 0.259 e. The second kappa shape index (κ2) is 9.80. The molecule has 0 aromatic heterocycles. The van der Waals surface area contributed by atoms with E-state index in [2.05, 4.69) is 10.2 Å². The molecule has 150 valence electrons. The number of para-hydroxylation sites is 1. The Kier molecular flexibility index (Phi) is 7.18. The molecule has 0 bridgehead atoms. The molecule has 0 unspecified atom stereocenters. The molecule has 1 amide bonds. The lowest BCUT2D eigenvalue weighted by Crippen LogP contribution is -2.29. The van der Waals surface area contributed by atoms with E-state index >= 15 is 0 Å². The summed E-state index contributed by atoms with van der Waals surface area (Å²) in [4.78, 5) is 17.1. The van der Waals surface area contributed by atoms with Crippen LogP contribution in [0.25, 0.3) is 0 Å². The molecule has 5 nitrogen and oxygen atoms in total. The van der Waals surface area contributed by atoms with Gasteiger partial charge in [0.15, 0.2) is 0 Å². The molecule has 2 aromatic rings. The first kappa shape index (κ1) is 20.5. The maximum atomic E-state index is 12.8. The van der Waals surface area contributed by atoms with Gasteiger partial charge in [-0.25, -0.2) is 0 Å². The quantitative estimate of drug-likeness (QED) is 0.740. The summed E-state index contributed by atoms with van der Waals surface area (Å²) >= 11 is 6.50. The summed E-state index contributed by atoms with van der Waals surface area (Å²) in [7, 11) is 3.97. The predicted octanol–water partition coefficient (Wildman–Crippen LogP) is 4.52. The number of carbonyl (C=O) groups excluding carboxylic acids is 1. The molecule has 1 heterocycles. The molecule has 1 aliphatic rings. The van der Waals surface area contributed by atoms with E-state index in [-0.39, 0.29) is 5.91 Å². The van der Waals surface area contributed by atoms with E-state index in [0.29, 0.717) is 28.6 Å². The van der Waals surface area contributed by atoms with Crippen molar-refractivity contribution in [1.29, 1.82) is 0 Å². The molecular weight excluding hydrogens is 374 g/mol. The van der Waals surface area contributed by atoms with Crippen LogP contribution in [0.1, 0.15) is 29.6 Å².